The van der Waals surface area contributed by atoms with Crippen molar-refractivity contribution in [2.45, 2.75) is 19.8 Å². The van der Waals surface area contributed by atoms with Crippen LogP contribution in [0.4, 0.5) is 8.78 Å². The van der Waals surface area contributed by atoms with Gasteiger partial charge in [-0.15, -0.1) is 5.92 Å². The molecule has 0 amide bonds. The fraction of sp³-hybridized carbons (Fsp3) is 0.250. The molecular weight excluding hydrogens is 274 g/mol. The van der Waals surface area contributed by atoms with Crippen molar-refractivity contribution in [3.05, 3.63) is 53.5 Å². The number of nitrogens with zero attached hydrogens (tertiary/aromatic N) is 2. The molecule has 3 nitrogen and oxygen atoms in total. The molecule has 2 rings (SSSR count). The molecule has 1 aromatic heterocycles. The van der Waals surface area contributed by atoms with Gasteiger partial charge in [-0.1, -0.05) is 18.9 Å². The fourth-order valence-corrected chi connectivity index (χ4v) is 1.72. The Morgan fingerprint density at radius 2 is 1.90 bits per heavy atom. The van der Waals surface area contributed by atoms with Gasteiger partial charge in [0.15, 0.2) is 6.61 Å². The van der Waals surface area contributed by atoms with E-state index in [1.54, 1.807) is 6.07 Å². The van der Waals surface area contributed by atoms with Crippen LogP contribution in [0.15, 0.2) is 30.6 Å². The molecule has 0 atom stereocenters. The summed E-state index contributed by atoms with van der Waals surface area (Å²) in [5.41, 5.74) is 0.459. The van der Waals surface area contributed by atoms with Crippen molar-refractivity contribution in [3.63, 3.8) is 0 Å². The molecule has 0 spiro atoms. The van der Waals surface area contributed by atoms with E-state index in [0.717, 1.165) is 6.42 Å². The second kappa shape index (κ2) is 7.34. The highest BCUT2D eigenvalue weighted by molar-refractivity contribution is 5.26. The molecule has 0 saturated carbocycles. The zero-order valence-electron chi connectivity index (χ0n) is 11.6. The predicted molar refractivity (Wildman–Crippen MR) is 74.8 cm³/mol. The van der Waals surface area contributed by atoms with Gasteiger partial charge < -0.3 is 4.74 Å². The van der Waals surface area contributed by atoms with Gasteiger partial charge >= 0.3 is 0 Å². The topological polar surface area (TPSA) is 35.0 Å². The Labute approximate surface area is 122 Å². The fourth-order valence-electron chi connectivity index (χ4n) is 1.72. The van der Waals surface area contributed by atoms with E-state index < -0.39 is 11.6 Å². The summed E-state index contributed by atoms with van der Waals surface area (Å²) in [6, 6.07) is 5.32. The molecule has 21 heavy (non-hydrogen) atoms. The summed E-state index contributed by atoms with van der Waals surface area (Å²) >= 11 is 0. The molecule has 2 aromatic rings. The summed E-state index contributed by atoms with van der Waals surface area (Å²) in [7, 11) is 0. The Hall–Kier alpha value is -2.48. The number of benzene rings is 1. The maximum absolute atomic E-state index is 13.6. The van der Waals surface area contributed by atoms with E-state index in [1.807, 2.05) is 6.92 Å². The molecular formula is C16H14F2N2O. The summed E-state index contributed by atoms with van der Waals surface area (Å²) in [6.07, 6.45) is 2.10. The van der Waals surface area contributed by atoms with Crippen molar-refractivity contribution in [2.75, 3.05) is 6.61 Å². The molecule has 5 heteroatoms. The largest absolute Gasteiger partial charge is 0.464 e. The molecule has 0 N–H and O–H groups in total. The minimum Gasteiger partial charge on any atom is -0.464 e. The minimum atomic E-state index is -0.593. The Bertz CT molecular complexity index is 657. The first-order valence-electron chi connectivity index (χ1n) is 6.53. The molecule has 0 radical (unpaired) electrons. The van der Waals surface area contributed by atoms with Crippen molar-refractivity contribution in [1.29, 1.82) is 0 Å². The Morgan fingerprint density at radius 1 is 1.14 bits per heavy atom. The van der Waals surface area contributed by atoms with Crippen LogP contribution in [0, 0.1) is 23.5 Å². The third-order valence-corrected chi connectivity index (χ3v) is 2.71. The maximum atomic E-state index is 13.6. The lowest BCUT2D eigenvalue weighted by molar-refractivity contribution is 0.354. The highest BCUT2D eigenvalue weighted by Gasteiger charge is 2.10. The molecule has 108 valence electrons. The molecule has 0 fully saturated rings. The lowest BCUT2D eigenvalue weighted by atomic mass is 10.1. The summed E-state index contributed by atoms with van der Waals surface area (Å²) in [5, 5.41) is 0. The van der Waals surface area contributed by atoms with Gasteiger partial charge in [0, 0.05) is 24.5 Å². The molecule has 0 unspecified atom stereocenters. The standard InChI is InChI=1S/C16H14F2N2O/c1-2-3-4-8-21-16-10-12(19-11-20-16)9-13-14(17)6-5-7-15(13)18/h5-7,10-11H,2,8-9H2,1H3. The molecule has 0 bridgehead atoms. The lowest BCUT2D eigenvalue weighted by Crippen LogP contribution is -2.02. The van der Waals surface area contributed by atoms with Crippen LogP contribution in [0.3, 0.4) is 0 Å². The average Bonchev–Trinajstić information content (AvgIpc) is 2.48. The third-order valence-electron chi connectivity index (χ3n) is 2.71. The van der Waals surface area contributed by atoms with Gasteiger partial charge in [0.1, 0.15) is 18.0 Å². The minimum absolute atomic E-state index is 0.0204. The van der Waals surface area contributed by atoms with Crippen LogP contribution in [-0.4, -0.2) is 16.6 Å². The summed E-state index contributed by atoms with van der Waals surface area (Å²) < 4.78 is 32.5. The van der Waals surface area contributed by atoms with Gasteiger partial charge in [-0.2, -0.15) is 0 Å². The maximum Gasteiger partial charge on any atom is 0.217 e. The lowest BCUT2D eigenvalue weighted by Gasteiger charge is -2.06. The van der Waals surface area contributed by atoms with Gasteiger partial charge in [-0.3, -0.25) is 0 Å². The number of ether oxygens (including phenoxy) is 1. The van der Waals surface area contributed by atoms with E-state index in [4.69, 9.17) is 4.74 Å². The number of rotatable bonds is 4. The SMILES string of the molecule is CCC#CCOc1cc(Cc2c(F)cccc2F)ncn1. The highest BCUT2D eigenvalue weighted by atomic mass is 19.1. The Balaban J connectivity index is 2.11. The zero-order chi connectivity index (χ0) is 15.1. The van der Waals surface area contributed by atoms with Crippen LogP contribution in [0.5, 0.6) is 5.88 Å². The van der Waals surface area contributed by atoms with Gasteiger partial charge in [0.2, 0.25) is 5.88 Å². The van der Waals surface area contributed by atoms with E-state index in [0.29, 0.717) is 11.6 Å². The number of hydrogen-bond donors (Lipinski definition) is 0. The third kappa shape index (κ3) is 4.25. The summed E-state index contributed by atoms with van der Waals surface area (Å²) in [4.78, 5) is 7.94. The van der Waals surface area contributed by atoms with E-state index in [2.05, 4.69) is 21.8 Å². The van der Waals surface area contributed by atoms with Crippen molar-refractivity contribution in [1.82, 2.24) is 9.97 Å². The zero-order valence-corrected chi connectivity index (χ0v) is 11.6. The average molecular weight is 288 g/mol. The number of aromatic nitrogens is 2. The van der Waals surface area contributed by atoms with Crippen molar-refractivity contribution in [2.24, 2.45) is 0 Å². The molecule has 1 heterocycles. The summed E-state index contributed by atoms with van der Waals surface area (Å²) in [5.74, 6) is 4.84. The van der Waals surface area contributed by atoms with Crippen LogP contribution >= 0.6 is 0 Å². The normalized spacial score (nSPS) is 9.86. The van der Waals surface area contributed by atoms with Gasteiger partial charge in [-0.25, -0.2) is 18.7 Å². The highest BCUT2D eigenvalue weighted by Crippen LogP contribution is 2.17. The first-order valence-corrected chi connectivity index (χ1v) is 6.53. The number of hydrogen-bond acceptors (Lipinski definition) is 3. The molecule has 0 aliphatic rings. The van der Waals surface area contributed by atoms with Crippen LogP contribution in [-0.2, 0) is 6.42 Å². The van der Waals surface area contributed by atoms with E-state index in [-0.39, 0.29) is 18.6 Å². The van der Waals surface area contributed by atoms with Crippen molar-refractivity contribution in [3.8, 4) is 17.7 Å². The first-order chi connectivity index (χ1) is 10.2. The van der Waals surface area contributed by atoms with Crippen LogP contribution in [0.2, 0.25) is 0 Å². The molecule has 0 aliphatic carbocycles. The summed E-state index contributed by atoms with van der Waals surface area (Å²) in [6.45, 7) is 2.16. The van der Waals surface area contributed by atoms with E-state index in [1.165, 1.54) is 24.5 Å². The van der Waals surface area contributed by atoms with Gasteiger partial charge in [0.25, 0.3) is 0 Å². The monoisotopic (exact) mass is 288 g/mol. The molecule has 0 aliphatic heterocycles. The quantitative estimate of drug-likeness (QED) is 0.811. The van der Waals surface area contributed by atoms with Gasteiger partial charge in [-0.05, 0) is 12.1 Å². The van der Waals surface area contributed by atoms with Crippen molar-refractivity contribution < 1.29 is 13.5 Å². The van der Waals surface area contributed by atoms with Crippen LogP contribution in [0.1, 0.15) is 24.6 Å². The van der Waals surface area contributed by atoms with E-state index >= 15 is 0 Å². The van der Waals surface area contributed by atoms with Crippen molar-refractivity contribution >= 4 is 0 Å². The second-order valence-electron chi connectivity index (χ2n) is 4.22. The molecule has 0 saturated heterocycles. The van der Waals surface area contributed by atoms with Gasteiger partial charge in [0.05, 0.1) is 5.69 Å². The smallest absolute Gasteiger partial charge is 0.217 e. The second-order valence-corrected chi connectivity index (χ2v) is 4.22. The van der Waals surface area contributed by atoms with Crippen LogP contribution in [0.25, 0.3) is 0 Å². The Kier molecular flexibility index (Phi) is 5.22. The van der Waals surface area contributed by atoms with E-state index in [9.17, 15) is 8.78 Å². The van der Waals surface area contributed by atoms with Crippen LogP contribution < -0.4 is 4.74 Å². The first kappa shape index (κ1) is 14.9. The molecule has 1 aromatic carbocycles. The predicted octanol–water partition coefficient (Wildman–Crippen LogP) is 3.14. The number of halogens is 2. The Morgan fingerprint density at radius 3 is 2.62 bits per heavy atom.